The topological polar surface area (TPSA) is 56.3 Å². The monoisotopic (exact) mass is 264 g/mol. The van der Waals surface area contributed by atoms with Gasteiger partial charge < -0.3 is 15.4 Å². The molecule has 0 atom stereocenters. The van der Waals surface area contributed by atoms with E-state index in [0.717, 1.165) is 5.56 Å². The molecule has 0 spiro atoms. The molecule has 1 aromatic carbocycles. The van der Waals surface area contributed by atoms with Crippen LogP contribution in [-0.2, 0) is 13.6 Å². The Morgan fingerprint density at radius 2 is 2.21 bits per heavy atom. The molecule has 5 nitrogen and oxygen atoms in total. The summed E-state index contributed by atoms with van der Waals surface area (Å²) >= 11 is 0. The minimum absolute atomic E-state index is 0.290. The van der Waals surface area contributed by atoms with Gasteiger partial charge in [-0.2, -0.15) is 5.10 Å². The molecule has 0 bridgehead atoms. The number of benzene rings is 1. The predicted molar refractivity (Wildman–Crippen MR) is 72.7 cm³/mol. The van der Waals surface area contributed by atoms with E-state index in [9.17, 15) is 4.39 Å². The summed E-state index contributed by atoms with van der Waals surface area (Å²) in [6.07, 6.45) is 3.64. The van der Waals surface area contributed by atoms with Crippen LogP contribution in [0.2, 0.25) is 0 Å². The van der Waals surface area contributed by atoms with Gasteiger partial charge >= 0.3 is 0 Å². The first-order chi connectivity index (χ1) is 9.01. The molecule has 0 aliphatic heterocycles. The summed E-state index contributed by atoms with van der Waals surface area (Å²) in [5, 5.41) is 4.09. The fourth-order valence-electron chi connectivity index (χ4n) is 1.94. The summed E-state index contributed by atoms with van der Waals surface area (Å²) in [4.78, 5) is 1.79. The van der Waals surface area contributed by atoms with Crippen molar-refractivity contribution in [2.45, 2.75) is 6.54 Å². The zero-order valence-corrected chi connectivity index (χ0v) is 11.2. The van der Waals surface area contributed by atoms with E-state index in [4.69, 9.17) is 10.5 Å². The third kappa shape index (κ3) is 2.78. The smallest absolute Gasteiger partial charge is 0.148 e. The summed E-state index contributed by atoms with van der Waals surface area (Å²) in [5.74, 6) is 0.0964. The molecule has 0 unspecified atom stereocenters. The van der Waals surface area contributed by atoms with Gasteiger partial charge in [0, 0.05) is 44.5 Å². The van der Waals surface area contributed by atoms with Crippen molar-refractivity contribution >= 4 is 11.4 Å². The minimum Gasteiger partial charge on any atom is -0.495 e. The Balaban J connectivity index is 2.25. The van der Waals surface area contributed by atoms with Gasteiger partial charge in [0.2, 0.25) is 0 Å². The first-order valence-corrected chi connectivity index (χ1v) is 5.83. The lowest BCUT2D eigenvalue weighted by Crippen LogP contribution is -2.17. The van der Waals surface area contributed by atoms with Crippen molar-refractivity contribution in [3.05, 3.63) is 35.9 Å². The van der Waals surface area contributed by atoms with Crippen LogP contribution in [0.15, 0.2) is 24.5 Å². The van der Waals surface area contributed by atoms with Crippen LogP contribution in [0, 0.1) is 5.82 Å². The lowest BCUT2D eigenvalue weighted by atomic mass is 10.2. The fourth-order valence-corrected chi connectivity index (χ4v) is 1.94. The van der Waals surface area contributed by atoms with Crippen LogP contribution < -0.4 is 15.4 Å². The Morgan fingerprint density at radius 1 is 1.47 bits per heavy atom. The minimum atomic E-state index is -0.371. The SMILES string of the molecule is COc1cc(N(C)Cc2cnn(C)c2)c(F)cc1N. The summed E-state index contributed by atoms with van der Waals surface area (Å²) in [6.45, 7) is 0.553. The molecule has 2 rings (SSSR count). The molecule has 0 amide bonds. The van der Waals surface area contributed by atoms with Crippen molar-refractivity contribution in [2.24, 2.45) is 7.05 Å². The Hall–Kier alpha value is -2.24. The molecule has 0 aliphatic rings. The van der Waals surface area contributed by atoms with Crippen molar-refractivity contribution in [1.29, 1.82) is 0 Å². The second-order valence-corrected chi connectivity index (χ2v) is 4.42. The number of hydrogen-bond acceptors (Lipinski definition) is 4. The van der Waals surface area contributed by atoms with E-state index in [1.54, 1.807) is 28.9 Å². The highest BCUT2D eigenvalue weighted by Crippen LogP contribution is 2.30. The molecule has 1 aromatic heterocycles. The maximum Gasteiger partial charge on any atom is 0.148 e. The van der Waals surface area contributed by atoms with Crippen LogP contribution in [0.4, 0.5) is 15.8 Å². The number of methoxy groups -OCH3 is 1. The summed E-state index contributed by atoms with van der Waals surface area (Å²) < 4.78 is 20.7. The molecular weight excluding hydrogens is 247 g/mol. The van der Waals surface area contributed by atoms with Gasteiger partial charge in [0.15, 0.2) is 0 Å². The Morgan fingerprint density at radius 3 is 2.79 bits per heavy atom. The highest BCUT2D eigenvalue weighted by molar-refractivity contribution is 5.63. The Kier molecular flexibility index (Phi) is 3.59. The number of anilines is 2. The van der Waals surface area contributed by atoms with E-state index < -0.39 is 0 Å². The van der Waals surface area contributed by atoms with Crippen molar-refractivity contribution < 1.29 is 9.13 Å². The van der Waals surface area contributed by atoms with E-state index in [2.05, 4.69) is 5.10 Å². The van der Waals surface area contributed by atoms with Crippen LogP contribution in [0.25, 0.3) is 0 Å². The molecule has 102 valence electrons. The predicted octanol–water partition coefficient (Wildman–Crippen LogP) is 1.79. The number of nitrogen functional groups attached to an aromatic ring is 1. The highest BCUT2D eigenvalue weighted by Gasteiger charge is 2.13. The van der Waals surface area contributed by atoms with E-state index in [1.165, 1.54) is 13.2 Å². The highest BCUT2D eigenvalue weighted by atomic mass is 19.1. The van der Waals surface area contributed by atoms with Gasteiger partial charge in [-0.05, 0) is 0 Å². The number of hydrogen-bond donors (Lipinski definition) is 1. The number of nitrogens with two attached hydrogens (primary N) is 1. The van der Waals surface area contributed by atoms with E-state index in [-0.39, 0.29) is 5.82 Å². The molecule has 0 saturated heterocycles. The first kappa shape index (κ1) is 13.2. The van der Waals surface area contributed by atoms with Crippen LogP contribution in [-0.4, -0.2) is 23.9 Å². The fraction of sp³-hybridized carbons (Fsp3) is 0.308. The van der Waals surface area contributed by atoms with Crippen molar-refractivity contribution in [1.82, 2.24) is 9.78 Å². The van der Waals surface area contributed by atoms with Crippen LogP contribution in [0.3, 0.4) is 0 Å². The number of rotatable bonds is 4. The Labute approximate surface area is 111 Å². The van der Waals surface area contributed by atoms with Gasteiger partial charge in [0.25, 0.3) is 0 Å². The van der Waals surface area contributed by atoms with Gasteiger partial charge in [-0.25, -0.2) is 4.39 Å². The van der Waals surface area contributed by atoms with Crippen LogP contribution >= 0.6 is 0 Å². The second kappa shape index (κ2) is 5.17. The number of aryl methyl sites for hydroxylation is 1. The molecule has 1 heterocycles. The zero-order chi connectivity index (χ0) is 14.0. The molecule has 19 heavy (non-hydrogen) atoms. The lowest BCUT2D eigenvalue weighted by Gasteiger charge is -2.20. The van der Waals surface area contributed by atoms with E-state index in [0.29, 0.717) is 23.7 Å². The molecule has 2 aromatic rings. The lowest BCUT2D eigenvalue weighted by molar-refractivity contribution is 0.416. The van der Waals surface area contributed by atoms with Crippen molar-refractivity contribution in [3.63, 3.8) is 0 Å². The maximum atomic E-state index is 13.9. The molecule has 6 heteroatoms. The third-order valence-corrected chi connectivity index (χ3v) is 2.89. The van der Waals surface area contributed by atoms with Gasteiger partial charge in [0.05, 0.1) is 24.7 Å². The summed E-state index contributed by atoms with van der Waals surface area (Å²) in [5.41, 5.74) is 7.39. The van der Waals surface area contributed by atoms with E-state index >= 15 is 0 Å². The first-order valence-electron chi connectivity index (χ1n) is 5.83. The van der Waals surface area contributed by atoms with Crippen LogP contribution in [0.1, 0.15) is 5.56 Å². The normalized spacial score (nSPS) is 10.5. The number of ether oxygens (including phenoxy) is 1. The maximum absolute atomic E-state index is 13.9. The van der Waals surface area contributed by atoms with Gasteiger partial charge in [0.1, 0.15) is 11.6 Å². The van der Waals surface area contributed by atoms with Gasteiger partial charge in [-0.1, -0.05) is 0 Å². The molecule has 0 fully saturated rings. The summed E-state index contributed by atoms with van der Waals surface area (Å²) in [7, 11) is 5.16. The van der Waals surface area contributed by atoms with Crippen molar-refractivity contribution in [3.8, 4) is 5.75 Å². The molecule has 0 radical (unpaired) electrons. The van der Waals surface area contributed by atoms with Crippen molar-refractivity contribution in [2.75, 3.05) is 24.8 Å². The number of halogens is 1. The van der Waals surface area contributed by atoms with Gasteiger partial charge in [-0.3, -0.25) is 4.68 Å². The van der Waals surface area contributed by atoms with E-state index in [1.807, 2.05) is 13.2 Å². The molecule has 0 aliphatic carbocycles. The summed E-state index contributed by atoms with van der Waals surface area (Å²) in [6, 6.07) is 2.87. The van der Waals surface area contributed by atoms with Gasteiger partial charge in [-0.15, -0.1) is 0 Å². The Bertz CT molecular complexity index is 582. The molecule has 0 saturated carbocycles. The molecule has 2 N–H and O–H groups in total. The molecular formula is C13H17FN4O. The second-order valence-electron chi connectivity index (χ2n) is 4.42. The average Bonchev–Trinajstić information content (AvgIpc) is 2.74. The number of aromatic nitrogens is 2. The quantitative estimate of drug-likeness (QED) is 0.855. The number of nitrogens with zero attached hydrogens (tertiary/aromatic N) is 3. The third-order valence-electron chi connectivity index (χ3n) is 2.89. The average molecular weight is 264 g/mol. The zero-order valence-electron chi connectivity index (χ0n) is 11.2. The standard InChI is InChI=1S/C13H17FN4O/c1-17(7-9-6-16-18(2)8-9)12-5-13(19-3)11(15)4-10(12)14/h4-6,8H,7,15H2,1-3H3. The van der Waals surface area contributed by atoms with Crippen LogP contribution in [0.5, 0.6) is 5.75 Å². The largest absolute Gasteiger partial charge is 0.495 e.